The second-order valence-electron chi connectivity index (χ2n) is 41.5. The molecule has 6 heterocycles. The lowest BCUT2D eigenvalue weighted by atomic mass is 10.2. The highest BCUT2D eigenvalue weighted by Gasteiger charge is 2.83. The van der Waals surface area contributed by atoms with Crippen LogP contribution >= 0.6 is 0 Å². The van der Waals surface area contributed by atoms with Crippen molar-refractivity contribution in [1.82, 2.24) is 86.4 Å². The molecule has 0 aliphatic carbocycles. The molecule has 6 fully saturated rings. The third-order valence-corrected chi connectivity index (χ3v) is 55.2. The normalized spacial score (nSPS) is 22.1. The largest absolute Gasteiger partial charge is 0.478 e. The van der Waals surface area contributed by atoms with Crippen LogP contribution in [0.25, 0.3) is 0 Å². The van der Waals surface area contributed by atoms with Gasteiger partial charge < -0.3 is 130 Å². The maximum absolute atomic E-state index is 13.9. The molecule has 6 aliphatic rings. The Hall–Kier alpha value is -9.14. The molecule has 0 aromatic carbocycles. The van der Waals surface area contributed by atoms with E-state index in [1.54, 1.807) is 166 Å². The minimum atomic E-state index is -5.43. The summed E-state index contributed by atoms with van der Waals surface area (Å²) in [6, 6.07) is -3.98. The van der Waals surface area contributed by atoms with E-state index in [9.17, 15) is 76.7 Å². The van der Waals surface area contributed by atoms with E-state index in [1.807, 2.05) is 0 Å². The van der Waals surface area contributed by atoms with Gasteiger partial charge in [-0.1, -0.05) is 0 Å². The predicted octanol–water partition coefficient (Wildman–Crippen LogP) is 3.47. The second kappa shape index (κ2) is 58.1. The Morgan fingerprint density at radius 3 is 0.331 bits per heavy atom. The molecule has 8 bridgehead atoms. The molecule has 0 unspecified atom stereocenters. The molecule has 60 nitrogen and oxygen atoms in total. The summed E-state index contributed by atoms with van der Waals surface area (Å²) in [5, 5.41) is 21.8. The number of ether oxygens (including phenoxy) is 8. The molecule has 0 aromatic heterocycles. The van der Waals surface area contributed by atoms with Gasteiger partial charge in [0.05, 0.1) is 0 Å². The van der Waals surface area contributed by atoms with Crippen molar-refractivity contribution < 1.29 is 203 Å². The minimum Gasteiger partial charge on any atom is -0.442 e. The zero-order valence-electron chi connectivity index (χ0n) is 88.6. The molecule has 6 aliphatic heterocycles. The predicted molar refractivity (Wildman–Crippen MR) is 521 cm³/mol. The summed E-state index contributed by atoms with van der Waals surface area (Å²) in [5.74, 6) is -6.53. The Morgan fingerprint density at radius 2 is 0.250 bits per heavy atom. The van der Waals surface area contributed by atoms with Gasteiger partial charge in [-0.2, -0.15) is 43.8 Å². The van der Waals surface area contributed by atoms with Crippen LogP contribution in [-0.2, 0) is 164 Å². The van der Waals surface area contributed by atoms with Crippen molar-refractivity contribution in [3.63, 3.8) is 0 Å². The summed E-state index contributed by atoms with van der Waals surface area (Å²) in [4.78, 5) is 255. The van der Waals surface area contributed by atoms with Gasteiger partial charge in [-0.25, -0.2) is 38.4 Å². The fourth-order valence-electron chi connectivity index (χ4n) is 12.9. The van der Waals surface area contributed by atoms with Crippen LogP contribution < -0.4 is 86.4 Å². The first-order valence-electron chi connectivity index (χ1n) is 47.9. The maximum atomic E-state index is 13.9. The van der Waals surface area contributed by atoms with Crippen molar-refractivity contribution in [3.05, 3.63) is 0 Å². The molecule has 6 rings (SSSR count). The number of carbonyl (C=O) groups excluding carboxylic acids is 16. The van der Waals surface area contributed by atoms with Crippen molar-refractivity contribution in [2.45, 2.75) is 311 Å². The Morgan fingerprint density at radius 1 is 0.162 bits per heavy atom. The molecule has 16 amide bonds. The van der Waals surface area contributed by atoms with Crippen LogP contribution in [0.2, 0.25) is 48.4 Å². The van der Waals surface area contributed by atoms with Gasteiger partial charge in [-0.15, -0.1) is 0 Å². The standard InChI is InChI=1S/C80H152N16O44Si8/c1-73(2,3)121-65(105)89-113-49-57(97)81-33-25-41-141-129-142(42-26-34-82-58(98)50-114-90-66(106)122-74(4,5)6)132-145(45-29-37-85-61(101)53-117-93-69(109)125-77(13,14)15)134-143(130-141,43-27-35-83-59(99)51-115-91-67(107)123-75(7,8)9)136-147(47-31-39-87-63(103)55-119-95-71(111)127-79(19,20)21)137-144(131-141,44-28-36-84-60(100)52-116-92-68(108)124-76(10,11)12)135-146(133-142,46-30-38-86-62(102)54-118-94-70(110)126-78(16,17)18)139-148(138-145,140-147)48-32-40-88-64(104)56-120-96-72(112)128-80(22,23)24/h25-56H2,1-24H3,(H,81,97)(H,82,98)(H,83,99)(H,84,100)(H,85,101)(H,86,102)(H,87,103)(H,88,104)(H,89,105)(H,90,106)(H,91,107)(H,92,108)(H,93,109)(H,94,110)(H,95,111)(H,96,112). The highest BCUT2D eigenvalue weighted by atomic mass is 28.6. The van der Waals surface area contributed by atoms with Gasteiger partial charge in [0.1, 0.15) is 44.8 Å². The lowest BCUT2D eigenvalue weighted by molar-refractivity contribution is -0.128. The molecule has 0 spiro atoms. The number of amides is 16. The molecular formula is C80H152N16O44Si8. The van der Waals surface area contributed by atoms with Crippen molar-refractivity contribution >= 4 is 166 Å². The molecule has 0 aromatic rings. The van der Waals surface area contributed by atoms with Crippen molar-refractivity contribution in [2.75, 3.05) is 105 Å². The van der Waals surface area contributed by atoms with Gasteiger partial charge in [-0.05, 0) is 218 Å². The molecular weight excluding hydrogens is 2110 g/mol. The first-order valence-corrected chi connectivity index (χ1v) is 63.3. The Balaban J connectivity index is 1.96. The average Bonchev–Trinajstić information content (AvgIpc) is 0.684. The highest BCUT2D eigenvalue weighted by molar-refractivity contribution is 7.03. The van der Waals surface area contributed by atoms with Crippen LogP contribution in [0.5, 0.6) is 0 Å². The van der Waals surface area contributed by atoms with Crippen LogP contribution in [0.15, 0.2) is 0 Å². The summed E-state index contributed by atoms with van der Waals surface area (Å²) < 4.78 is 138. The van der Waals surface area contributed by atoms with Gasteiger partial charge in [-0.3, -0.25) is 77.1 Å². The van der Waals surface area contributed by atoms with Crippen LogP contribution in [0.1, 0.15) is 218 Å². The Labute approximate surface area is 867 Å². The third-order valence-electron chi connectivity index (χ3n) is 17.6. The summed E-state index contributed by atoms with van der Waals surface area (Å²) in [5.41, 5.74) is 8.54. The smallest absolute Gasteiger partial charge is 0.442 e. The number of hydrogen-bond acceptors (Lipinski definition) is 44. The van der Waals surface area contributed by atoms with Crippen molar-refractivity contribution in [1.29, 1.82) is 0 Å². The highest BCUT2D eigenvalue weighted by Crippen LogP contribution is 2.55. The van der Waals surface area contributed by atoms with E-state index >= 15 is 0 Å². The van der Waals surface area contributed by atoms with Crippen LogP contribution in [-0.4, -0.2) is 316 Å². The Kier molecular flexibility index (Phi) is 50.7. The van der Waals surface area contributed by atoms with Crippen LogP contribution in [0.3, 0.4) is 0 Å². The van der Waals surface area contributed by atoms with Crippen LogP contribution in [0, 0.1) is 0 Å². The van der Waals surface area contributed by atoms with Crippen molar-refractivity contribution in [3.8, 4) is 0 Å². The molecule has 16 N–H and O–H groups in total. The van der Waals surface area contributed by atoms with E-state index in [1.165, 1.54) is 0 Å². The fraction of sp³-hybridized carbons (Fsp3) is 0.800. The first-order chi connectivity index (χ1) is 68.4. The van der Waals surface area contributed by atoms with E-state index < -0.39 is 312 Å². The molecule has 0 atom stereocenters. The van der Waals surface area contributed by atoms with Gasteiger partial charge >= 0.3 is 119 Å². The van der Waals surface area contributed by atoms with Gasteiger partial charge in [0.15, 0.2) is 52.9 Å². The second-order valence-corrected chi connectivity index (χ2v) is 66.2. The monoisotopic (exact) mass is 2260 g/mol. The van der Waals surface area contributed by atoms with Gasteiger partial charge in [0, 0.05) is 101 Å². The number of rotatable bonds is 56. The molecule has 148 heavy (non-hydrogen) atoms. The van der Waals surface area contributed by atoms with E-state index in [-0.39, 0.29) is 104 Å². The van der Waals surface area contributed by atoms with E-state index in [0.29, 0.717) is 0 Å². The van der Waals surface area contributed by atoms with Crippen molar-refractivity contribution in [2.24, 2.45) is 0 Å². The molecule has 6 saturated heterocycles. The summed E-state index contributed by atoms with van der Waals surface area (Å²) >= 11 is 0. The molecule has 848 valence electrons. The average molecular weight is 2270 g/mol. The molecule has 0 radical (unpaired) electrons. The summed E-state index contributed by atoms with van der Waals surface area (Å²) in [6.45, 7) is 29.2. The zero-order valence-corrected chi connectivity index (χ0v) is 96.6. The number of hydroxylamine groups is 8. The summed E-state index contributed by atoms with van der Waals surface area (Å²) in [7, 11) is -43.4. The quantitative estimate of drug-likeness (QED) is 0.0179. The minimum absolute atomic E-state index is 0.259. The molecule has 0 saturated carbocycles. The van der Waals surface area contributed by atoms with E-state index in [0.717, 1.165) is 0 Å². The number of nitrogens with one attached hydrogen (secondary N) is 16. The van der Waals surface area contributed by atoms with Gasteiger partial charge in [0.2, 0.25) is 47.3 Å². The Bertz CT molecular complexity index is 3530. The first kappa shape index (κ1) is 129. The lowest BCUT2D eigenvalue weighted by Crippen LogP contribution is -2.88. The zero-order chi connectivity index (χ0) is 111. The van der Waals surface area contributed by atoms with E-state index in [4.69, 9.17) is 126 Å². The summed E-state index contributed by atoms with van der Waals surface area (Å²) in [6.07, 6.45) is -10.4. The fourth-order valence-corrected chi connectivity index (χ4v) is 63.3. The molecule has 68 heteroatoms. The maximum Gasteiger partial charge on any atom is 0.478 e. The topological polar surface area (TPSA) is 724 Å². The number of carbonyl (C=O) groups is 16. The van der Waals surface area contributed by atoms with E-state index in [2.05, 4.69) is 86.4 Å². The van der Waals surface area contributed by atoms with Crippen LogP contribution in [0.4, 0.5) is 38.4 Å². The number of hydrogen-bond donors (Lipinski definition) is 16. The lowest BCUT2D eigenvalue weighted by Gasteiger charge is -2.63. The third kappa shape index (κ3) is 54.7. The SMILES string of the molecule is CC(C)(C)OC(=O)NOCC(=O)NCCC[Si]12O[Si]3(CCCNC(=O)CONC(=O)OC(C)(C)C)O[Si]4(CCCNC(=O)CONC(=O)OC(C)(C)C)O[Si](CCCNC(=O)CONC(=O)OC(C)(C)C)(O1)O[Si]1(CCCNC(=O)CONC(=O)OC(C)(C)C)O[Si](CCCNC(=O)CONC(=O)OC(C)(C)C)(O2)O[Si](CCCNC(=O)CONC(=O)OC(C)(C)C)(O3)O[Si](CCCNC(=O)CONC(=O)OC(C)(C)C)(O4)O1. The van der Waals surface area contributed by atoms with Gasteiger partial charge in [0.25, 0.3) is 0 Å².